The Balaban J connectivity index is 1.85. The van der Waals surface area contributed by atoms with Gasteiger partial charge in [0.05, 0.1) is 11.6 Å². The number of fused-ring (bicyclic) bond motifs is 1. The first kappa shape index (κ1) is 13.5. The molecule has 0 spiro atoms. The van der Waals surface area contributed by atoms with E-state index in [-0.39, 0.29) is 6.10 Å². The minimum absolute atomic E-state index is 0.208. The lowest BCUT2D eigenvalue weighted by Crippen LogP contribution is -2.20. The average Bonchev–Trinajstić information content (AvgIpc) is 2.84. The first-order valence-corrected chi connectivity index (χ1v) is 7.56. The molecular weight excluding hydrogens is 250 g/mol. The molecule has 0 atom stereocenters. The van der Waals surface area contributed by atoms with Crippen LogP contribution in [0.25, 0.3) is 10.9 Å². The Bertz CT molecular complexity index is 567. The second kappa shape index (κ2) is 5.88. The molecule has 0 radical (unpaired) electrons. The minimum Gasteiger partial charge on any atom is -0.490 e. The highest BCUT2D eigenvalue weighted by Gasteiger charge is 2.16. The van der Waals surface area contributed by atoms with Crippen molar-refractivity contribution in [3.05, 3.63) is 30.5 Å². The number of aromatic nitrogens is 1. The van der Waals surface area contributed by atoms with Gasteiger partial charge in [0.1, 0.15) is 5.75 Å². The lowest BCUT2D eigenvalue weighted by molar-refractivity contribution is 0.0616. The molecular formula is C17H23NO2. The van der Waals surface area contributed by atoms with Crippen molar-refractivity contribution in [3.63, 3.8) is 0 Å². The van der Waals surface area contributed by atoms with Crippen LogP contribution in [0, 0.1) is 5.92 Å². The van der Waals surface area contributed by atoms with E-state index >= 15 is 0 Å². The van der Waals surface area contributed by atoms with Gasteiger partial charge in [0.25, 0.3) is 0 Å². The molecule has 108 valence electrons. The number of benzene rings is 1. The number of nitrogens with zero attached hydrogens (tertiary/aromatic N) is 1. The van der Waals surface area contributed by atoms with E-state index in [1.807, 2.05) is 0 Å². The maximum absolute atomic E-state index is 5.90. The van der Waals surface area contributed by atoms with Gasteiger partial charge in [-0.2, -0.15) is 0 Å². The maximum atomic E-state index is 5.90. The van der Waals surface area contributed by atoms with Crippen LogP contribution in [0.15, 0.2) is 30.5 Å². The van der Waals surface area contributed by atoms with Gasteiger partial charge < -0.3 is 14.0 Å². The standard InChI is InChI=1S/C17H23NO2/c1-13(2)20-17-5-3-4-16-15(17)6-9-18(16)12-14-7-10-19-11-8-14/h3-6,9,13-14H,7-8,10-12H2,1-2H3. The second-order valence-electron chi connectivity index (χ2n) is 5.88. The smallest absolute Gasteiger partial charge is 0.129 e. The molecule has 1 aromatic heterocycles. The van der Waals surface area contributed by atoms with E-state index in [4.69, 9.17) is 9.47 Å². The summed E-state index contributed by atoms with van der Waals surface area (Å²) >= 11 is 0. The fourth-order valence-electron chi connectivity index (χ4n) is 2.92. The molecule has 0 aliphatic carbocycles. The van der Waals surface area contributed by atoms with Crippen LogP contribution in [0.2, 0.25) is 0 Å². The Hall–Kier alpha value is -1.48. The van der Waals surface area contributed by atoms with Crippen molar-refractivity contribution >= 4 is 10.9 Å². The first-order chi connectivity index (χ1) is 9.74. The summed E-state index contributed by atoms with van der Waals surface area (Å²) < 4.78 is 13.7. The van der Waals surface area contributed by atoms with E-state index < -0.39 is 0 Å². The van der Waals surface area contributed by atoms with Crippen LogP contribution < -0.4 is 4.74 Å². The molecule has 1 saturated heterocycles. The van der Waals surface area contributed by atoms with Crippen LogP contribution in [0.4, 0.5) is 0 Å². The van der Waals surface area contributed by atoms with Gasteiger partial charge in [-0.1, -0.05) is 6.07 Å². The lowest BCUT2D eigenvalue weighted by Gasteiger charge is -2.22. The molecule has 20 heavy (non-hydrogen) atoms. The van der Waals surface area contributed by atoms with E-state index in [1.54, 1.807) is 0 Å². The maximum Gasteiger partial charge on any atom is 0.129 e. The van der Waals surface area contributed by atoms with Crippen molar-refractivity contribution in [1.82, 2.24) is 4.57 Å². The third-order valence-electron chi connectivity index (χ3n) is 3.93. The fourth-order valence-corrected chi connectivity index (χ4v) is 2.92. The summed E-state index contributed by atoms with van der Waals surface area (Å²) in [4.78, 5) is 0. The largest absolute Gasteiger partial charge is 0.490 e. The van der Waals surface area contributed by atoms with Crippen LogP contribution in [0.3, 0.4) is 0 Å². The zero-order chi connectivity index (χ0) is 13.9. The molecule has 2 heterocycles. The summed E-state index contributed by atoms with van der Waals surface area (Å²) in [5.74, 6) is 1.72. The highest BCUT2D eigenvalue weighted by molar-refractivity contribution is 5.86. The predicted octanol–water partition coefficient (Wildman–Crippen LogP) is 3.86. The third kappa shape index (κ3) is 2.83. The molecule has 0 bridgehead atoms. The molecule has 3 rings (SSSR count). The predicted molar refractivity (Wildman–Crippen MR) is 81.2 cm³/mol. The van der Waals surface area contributed by atoms with Gasteiger partial charge in [-0.3, -0.25) is 0 Å². The second-order valence-corrected chi connectivity index (χ2v) is 5.88. The van der Waals surface area contributed by atoms with Crippen LogP contribution in [0.1, 0.15) is 26.7 Å². The number of ether oxygens (including phenoxy) is 2. The van der Waals surface area contributed by atoms with Gasteiger partial charge >= 0.3 is 0 Å². The van der Waals surface area contributed by atoms with E-state index in [0.717, 1.165) is 31.4 Å². The summed E-state index contributed by atoms with van der Waals surface area (Å²) in [7, 11) is 0. The van der Waals surface area contributed by atoms with Crippen LogP contribution in [0.5, 0.6) is 5.75 Å². The summed E-state index contributed by atoms with van der Waals surface area (Å²) in [6.45, 7) is 7.03. The normalized spacial score (nSPS) is 16.9. The molecule has 0 saturated carbocycles. The Kier molecular flexibility index (Phi) is 3.97. The Morgan fingerprint density at radius 1 is 1.25 bits per heavy atom. The van der Waals surface area contributed by atoms with Gasteiger partial charge in [-0.05, 0) is 50.8 Å². The Morgan fingerprint density at radius 3 is 2.80 bits per heavy atom. The highest BCUT2D eigenvalue weighted by Crippen LogP contribution is 2.29. The number of hydrogen-bond acceptors (Lipinski definition) is 2. The van der Waals surface area contributed by atoms with Crippen molar-refractivity contribution in [2.45, 2.75) is 39.3 Å². The SMILES string of the molecule is CC(C)Oc1cccc2c1ccn2CC1CCOCC1. The minimum atomic E-state index is 0.208. The summed E-state index contributed by atoms with van der Waals surface area (Å²) in [6, 6.07) is 8.50. The number of rotatable bonds is 4. The third-order valence-corrected chi connectivity index (χ3v) is 3.93. The topological polar surface area (TPSA) is 23.4 Å². The average molecular weight is 273 g/mol. The zero-order valence-electron chi connectivity index (χ0n) is 12.3. The van der Waals surface area contributed by atoms with Crippen molar-refractivity contribution in [3.8, 4) is 5.75 Å². The molecule has 1 fully saturated rings. The Labute approximate surface area is 120 Å². The quantitative estimate of drug-likeness (QED) is 0.844. The van der Waals surface area contributed by atoms with E-state index in [1.165, 1.54) is 23.7 Å². The molecule has 1 aliphatic heterocycles. The van der Waals surface area contributed by atoms with Crippen molar-refractivity contribution in [1.29, 1.82) is 0 Å². The lowest BCUT2D eigenvalue weighted by atomic mass is 10.0. The highest BCUT2D eigenvalue weighted by atomic mass is 16.5. The molecule has 0 unspecified atom stereocenters. The van der Waals surface area contributed by atoms with Gasteiger partial charge in [0, 0.05) is 31.3 Å². The molecule has 3 heteroatoms. The first-order valence-electron chi connectivity index (χ1n) is 7.56. The van der Waals surface area contributed by atoms with Crippen molar-refractivity contribution < 1.29 is 9.47 Å². The molecule has 1 aliphatic rings. The molecule has 0 N–H and O–H groups in total. The van der Waals surface area contributed by atoms with Crippen LogP contribution in [-0.2, 0) is 11.3 Å². The molecule has 2 aromatic rings. The summed E-state index contributed by atoms with van der Waals surface area (Å²) in [5, 5.41) is 1.22. The van der Waals surface area contributed by atoms with Gasteiger partial charge in [-0.15, -0.1) is 0 Å². The fraction of sp³-hybridized carbons (Fsp3) is 0.529. The van der Waals surface area contributed by atoms with Gasteiger partial charge in [0.15, 0.2) is 0 Å². The Morgan fingerprint density at radius 2 is 2.05 bits per heavy atom. The molecule has 3 nitrogen and oxygen atoms in total. The van der Waals surface area contributed by atoms with Crippen molar-refractivity contribution in [2.75, 3.05) is 13.2 Å². The van der Waals surface area contributed by atoms with Crippen LogP contribution in [-0.4, -0.2) is 23.9 Å². The summed E-state index contributed by atoms with van der Waals surface area (Å²) in [5.41, 5.74) is 1.27. The molecule has 1 aromatic carbocycles. The van der Waals surface area contributed by atoms with Crippen LogP contribution >= 0.6 is 0 Å². The molecule has 0 amide bonds. The van der Waals surface area contributed by atoms with E-state index in [2.05, 4.69) is 48.9 Å². The van der Waals surface area contributed by atoms with Gasteiger partial charge in [-0.25, -0.2) is 0 Å². The van der Waals surface area contributed by atoms with Gasteiger partial charge in [0.2, 0.25) is 0 Å². The van der Waals surface area contributed by atoms with E-state index in [9.17, 15) is 0 Å². The van der Waals surface area contributed by atoms with Crippen molar-refractivity contribution in [2.24, 2.45) is 5.92 Å². The summed E-state index contributed by atoms with van der Waals surface area (Å²) in [6.07, 6.45) is 4.73. The monoisotopic (exact) mass is 273 g/mol. The zero-order valence-corrected chi connectivity index (χ0v) is 12.3. The number of hydrogen-bond donors (Lipinski definition) is 0. The van der Waals surface area contributed by atoms with E-state index in [0.29, 0.717) is 0 Å².